The Morgan fingerprint density at radius 2 is 2.21 bits per heavy atom. The van der Waals surface area contributed by atoms with Gasteiger partial charge in [-0.2, -0.15) is 0 Å². The van der Waals surface area contributed by atoms with Gasteiger partial charge in [-0.15, -0.1) is 11.3 Å². The number of hydrogen-bond acceptors (Lipinski definition) is 8. The molecular weight excluding hydrogens is 436 g/mol. The first kappa shape index (κ1) is 21.6. The number of aliphatic hydroxyl groups excluding tert-OH is 1. The summed E-state index contributed by atoms with van der Waals surface area (Å²) in [6, 6.07) is 5.41. The Balaban J connectivity index is 2.20. The molecule has 2 aromatic heterocycles. The van der Waals surface area contributed by atoms with E-state index in [-0.39, 0.29) is 35.7 Å². The minimum absolute atomic E-state index is 0.0691. The highest BCUT2D eigenvalue weighted by Crippen LogP contribution is 2.33. The maximum atomic E-state index is 12.9. The summed E-state index contributed by atoms with van der Waals surface area (Å²) in [6.45, 7) is 1.59. The van der Waals surface area contributed by atoms with E-state index in [9.17, 15) is 9.59 Å². The van der Waals surface area contributed by atoms with Crippen molar-refractivity contribution in [3.05, 3.63) is 44.7 Å². The zero-order valence-electron chi connectivity index (χ0n) is 15.9. The lowest BCUT2D eigenvalue weighted by Crippen LogP contribution is -2.30. The second-order valence-electron chi connectivity index (χ2n) is 6.06. The van der Waals surface area contributed by atoms with Crippen LogP contribution in [0.2, 0.25) is 5.02 Å². The van der Waals surface area contributed by atoms with Gasteiger partial charge in [-0.05, 0) is 30.9 Å². The molecule has 29 heavy (non-hydrogen) atoms. The van der Waals surface area contributed by atoms with Crippen LogP contribution in [0.4, 0.5) is 11.5 Å². The second kappa shape index (κ2) is 9.14. The lowest BCUT2D eigenvalue weighted by Gasteiger charge is -2.17. The number of amides is 1. The fraction of sp³-hybridized carbons (Fsp3) is 0.278. The van der Waals surface area contributed by atoms with E-state index in [1.807, 2.05) is 19.2 Å². The molecule has 0 saturated heterocycles. The van der Waals surface area contributed by atoms with Crippen LogP contribution >= 0.6 is 34.7 Å². The molecule has 0 fully saturated rings. The molecule has 1 aromatic carbocycles. The van der Waals surface area contributed by atoms with E-state index < -0.39 is 5.91 Å². The van der Waals surface area contributed by atoms with Crippen LogP contribution in [0.5, 0.6) is 0 Å². The first-order valence-electron chi connectivity index (χ1n) is 8.51. The quantitative estimate of drug-likeness (QED) is 0.286. The number of anilines is 2. The van der Waals surface area contributed by atoms with E-state index in [1.165, 1.54) is 27.7 Å². The highest BCUT2D eigenvalue weighted by Gasteiger charge is 2.25. The third-order valence-corrected chi connectivity index (χ3v) is 6.39. The number of hydrogen-bond donors (Lipinski definition) is 3. The molecule has 0 atom stereocenters. The van der Waals surface area contributed by atoms with Crippen molar-refractivity contribution in [2.24, 2.45) is 7.05 Å². The highest BCUT2D eigenvalue weighted by atomic mass is 35.5. The number of carbonyl (C=O) groups is 1. The number of pyridine rings is 1. The zero-order valence-corrected chi connectivity index (χ0v) is 18.3. The lowest BCUT2D eigenvalue weighted by molar-refractivity contribution is 0.0169. The van der Waals surface area contributed by atoms with Crippen LogP contribution in [0.25, 0.3) is 10.2 Å². The molecular formula is C18H19ClN4O4S2. The smallest absolute Gasteiger partial charge is 0.280 e. The van der Waals surface area contributed by atoms with Gasteiger partial charge in [0.2, 0.25) is 0 Å². The average molecular weight is 455 g/mol. The minimum atomic E-state index is -0.595. The van der Waals surface area contributed by atoms with Gasteiger partial charge in [-0.25, -0.2) is 10.5 Å². The number of thioether (sulfide) groups is 1. The molecule has 0 radical (unpaired) electrons. The lowest BCUT2D eigenvalue weighted by atomic mass is 10.2. The monoisotopic (exact) mass is 454 g/mol. The molecule has 0 saturated carbocycles. The molecule has 8 nitrogen and oxygen atoms in total. The van der Waals surface area contributed by atoms with E-state index in [2.05, 4.69) is 15.8 Å². The van der Waals surface area contributed by atoms with Gasteiger partial charge >= 0.3 is 0 Å². The van der Waals surface area contributed by atoms with E-state index in [1.54, 1.807) is 19.2 Å². The van der Waals surface area contributed by atoms with Gasteiger partial charge in [-0.1, -0.05) is 29.4 Å². The molecule has 0 unspecified atom stereocenters. The van der Waals surface area contributed by atoms with Crippen LogP contribution < -0.4 is 16.4 Å². The van der Waals surface area contributed by atoms with Gasteiger partial charge in [0.15, 0.2) is 4.34 Å². The maximum Gasteiger partial charge on any atom is 0.280 e. The zero-order chi connectivity index (χ0) is 21.1. The Labute approximate surface area is 179 Å². The molecule has 2 heterocycles. The fourth-order valence-electron chi connectivity index (χ4n) is 2.66. The predicted octanol–water partition coefficient (Wildman–Crippen LogP) is 3.08. The molecule has 3 rings (SSSR count). The van der Waals surface area contributed by atoms with Crippen LogP contribution in [0.1, 0.15) is 15.9 Å². The van der Waals surface area contributed by atoms with Crippen molar-refractivity contribution in [2.75, 3.05) is 24.8 Å². The molecule has 154 valence electrons. The molecule has 3 N–H and O–H groups in total. The van der Waals surface area contributed by atoms with Crippen molar-refractivity contribution in [1.82, 2.24) is 15.0 Å². The standard InChI is InChI=1S/C18H19ClN4O4S2/c1-9-4-5-11(10(19)8-9)20-15-12(16(25)22-27-7-6-24)13-14(17(26)23(15)2)29-18(21-13)28-3/h4-5,8,20,24H,6-7H2,1-3H3,(H,22,25). The van der Waals surface area contributed by atoms with Gasteiger partial charge in [-0.3, -0.25) is 19.0 Å². The third kappa shape index (κ3) is 4.41. The largest absolute Gasteiger partial charge is 0.394 e. The Hall–Kier alpha value is -2.11. The van der Waals surface area contributed by atoms with Gasteiger partial charge in [0.25, 0.3) is 11.5 Å². The Kier molecular flexibility index (Phi) is 6.81. The van der Waals surface area contributed by atoms with Crippen molar-refractivity contribution in [2.45, 2.75) is 11.3 Å². The number of fused-ring (bicyclic) bond motifs is 1. The number of thiazole rings is 1. The average Bonchev–Trinajstić information content (AvgIpc) is 3.12. The van der Waals surface area contributed by atoms with Crippen LogP contribution in [0, 0.1) is 6.92 Å². The Bertz CT molecular complexity index is 1130. The van der Waals surface area contributed by atoms with Gasteiger partial charge in [0.1, 0.15) is 21.6 Å². The second-order valence-corrected chi connectivity index (χ2v) is 8.52. The molecule has 0 aliphatic rings. The minimum Gasteiger partial charge on any atom is -0.394 e. The first-order chi connectivity index (χ1) is 13.9. The van der Waals surface area contributed by atoms with Gasteiger partial charge in [0, 0.05) is 7.05 Å². The van der Waals surface area contributed by atoms with Crippen LogP contribution in [-0.2, 0) is 11.9 Å². The van der Waals surface area contributed by atoms with Crippen LogP contribution in [0.15, 0.2) is 27.3 Å². The molecule has 3 aromatic rings. The Morgan fingerprint density at radius 3 is 2.86 bits per heavy atom. The summed E-state index contributed by atoms with van der Waals surface area (Å²) in [5.41, 5.74) is 3.94. The van der Waals surface area contributed by atoms with E-state index >= 15 is 0 Å². The van der Waals surface area contributed by atoms with E-state index in [4.69, 9.17) is 21.5 Å². The summed E-state index contributed by atoms with van der Waals surface area (Å²) in [5.74, 6) is -0.362. The van der Waals surface area contributed by atoms with Crippen molar-refractivity contribution in [3.8, 4) is 0 Å². The molecule has 0 spiro atoms. The van der Waals surface area contributed by atoms with Gasteiger partial charge in [0.05, 0.1) is 23.9 Å². The van der Waals surface area contributed by atoms with Gasteiger partial charge < -0.3 is 10.4 Å². The van der Waals surface area contributed by atoms with Crippen LogP contribution in [0.3, 0.4) is 0 Å². The number of halogens is 1. The number of aryl methyl sites for hydroxylation is 1. The van der Waals surface area contributed by atoms with Crippen molar-refractivity contribution in [1.29, 1.82) is 0 Å². The molecule has 0 bridgehead atoms. The summed E-state index contributed by atoms with van der Waals surface area (Å²) in [5, 5.41) is 12.4. The van der Waals surface area contributed by atoms with E-state index in [0.29, 0.717) is 19.7 Å². The summed E-state index contributed by atoms with van der Waals surface area (Å²) < 4.78 is 2.37. The number of nitrogens with one attached hydrogen (secondary N) is 2. The SMILES string of the molecule is CSc1nc2c(C(=O)NOCCO)c(Nc3ccc(C)cc3Cl)n(C)c(=O)c2s1. The number of aromatic nitrogens is 2. The summed E-state index contributed by atoms with van der Waals surface area (Å²) in [4.78, 5) is 35.2. The normalized spacial score (nSPS) is 11.1. The summed E-state index contributed by atoms with van der Waals surface area (Å²) >= 11 is 8.94. The molecule has 11 heteroatoms. The number of rotatable bonds is 7. The van der Waals surface area contributed by atoms with Crippen molar-refractivity contribution in [3.63, 3.8) is 0 Å². The van der Waals surface area contributed by atoms with Crippen molar-refractivity contribution < 1.29 is 14.7 Å². The van der Waals surface area contributed by atoms with Crippen molar-refractivity contribution >= 4 is 62.3 Å². The number of benzene rings is 1. The number of nitrogens with zero attached hydrogens (tertiary/aromatic N) is 2. The molecule has 0 aliphatic heterocycles. The fourth-order valence-corrected chi connectivity index (χ4v) is 4.49. The molecule has 1 amide bonds. The third-order valence-electron chi connectivity index (χ3n) is 4.05. The maximum absolute atomic E-state index is 12.9. The number of carbonyl (C=O) groups excluding carboxylic acids is 1. The highest BCUT2D eigenvalue weighted by molar-refractivity contribution is 8.00. The Morgan fingerprint density at radius 1 is 1.45 bits per heavy atom. The summed E-state index contributed by atoms with van der Waals surface area (Å²) in [7, 11) is 1.57. The number of hydroxylamine groups is 1. The summed E-state index contributed by atoms with van der Waals surface area (Å²) in [6.07, 6.45) is 1.84. The number of aliphatic hydroxyl groups is 1. The topological polar surface area (TPSA) is 105 Å². The molecule has 0 aliphatic carbocycles. The predicted molar refractivity (Wildman–Crippen MR) is 117 cm³/mol. The first-order valence-corrected chi connectivity index (χ1v) is 10.9. The van der Waals surface area contributed by atoms with Crippen LogP contribution in [-0.4, -0.2) is 40.0 Å². The van der Waals surface area contributed by atoms with E-state index in [0.717, 1.165) is 5.56 Å².